The van der Waals surface area contributed by atoms with Gasteiger partial charge in [0.15, 0.2) is 18.2 Å². The van der Waals surface area contributed by atoms with Gasteiger partial charge in [0.05, 0.1) is 0 Å². The second kappa shape index (κ2) is 8.67. The van der Waals surface area contributed by atoms with Crippen LogP contribution in [0.15, 0.2) is 53.6 Å². The minimum atomic E-state index is -0.626. The van der Waals surface area contributed by atoms with Crippen molar-refractivity contribution in [3.8, 4) is 5.75 Å². The van der Waals surface area contributed by atoms with Gasteiger partial charge in [0.25, 0.3) is 0 Å². The van der Waals surface area contributed by atoms with Crippen molar-refractivity contribution in [1.29, 1.82) is 0 Å². The Morgan fingerprint density at radius 2 is 1.45 bits per heavy atom. The molecule has 8 nitrogen and oxygen atoms in total. The van der Waals surface area contributed by atoms with E-state index in [2.05, 4.69) is 27.0 Å². The Kier molecular flexibility index (Phi) is 5.79. The molecule has 2 unspecified atom stereocenters. The van der Waals surface area contributed by atoms with Crippen LogP contribution in [0.25, 0.3) is 0 Å². The predicted octanol–water partition coefficient (Wildman–Crippen LogP) is 2.29. The third-order valence-electron chi connectivity index (χ3n) is 5.98. The molecule has 162 valence electrons. The number of phenols is 1. The Bertz CT molecular complexity index is 952. The Balaban J connectivity index is 1.40. The number of hydrazone groups is 1. The maximum Gasteiger partial charge on any atom is 0.180 e. The quantitative estimate of drug-likeness (QED) is 0.717. The zero-order valence-corrected chi connectivity index (χ0v) is 17.8. The van der Waals surface area contributed by atoms with Gasteiger partial charge in [-0.25, -0.2) is 0 Å². The van der Waals surface area contributed by atoms with Gasteiger partial charge < -0.3 is 19.8 Å². The molecule has 2 aliphatic rings. The molecule has 2 heterocycles. The van der Waals surface area contributed by atoms with Crippen LogP contribution in [0.2, 0.25) is 0 Å². The molecule has 0 amide bonds. The van der Waals surface area contributed by atoms with Gasteiger partial charge in [-0.3, -0.25) is 14.6 Å². The lowest BCUT2D eigenvalue weighted by Crippen LogP contribution is -2.47. The first-order valence-corrected chi connectivity index (χ1v) is 10.4. The fraction of sp³-hybridized carbons (Fsp3) is 0.348. The molecule has 2 aromatic carbocycles. The third-order valence-corrected chi connectivity index (χ3v) is 5.98. The highest BCUT2D eigenvalue weighted by molar-refractivity contribution is 5.89. The lowest BCUT2D eigenvalue weighted by Gasteiger charge is -2.37. The van der Waals surface area contributed by atoms with Gasteiger partial charge >= 0.3 is 0 Å². The minimum Gasteiger partial charge on any atom is -0.508 e. The highest BCUT2D eigenvalue weighted by Gasteiger charge is 2.33. The fourth-order valence-corrected chi connectivity index (χ4v) is 3.96. The fourth-order valence-electron chi connectivity index (χ4n) is 3.96. The monoisotopic (exact) mass is 421 g/mol. The lowest BCUT2D eigenvalue weighted by molar-refractivity contribution is -0.123. The number of hydrogen-bond acceptors (Lipinski definition) is 8. The lowest BCUT2D eigenvalue weighted by atomic mass is 10.2. The Hall–Kier alpha value is -3.55. The molecule has 2 aliphatic heterocycles. The maximum atomic E-state index is 11.7. The average Bonchev–Trinajstić information content (AvgIpc) is 3.23. The largest absolute Gasteiger partial charge is 0.508 e. The third kappa shape index (κ3) is 4.19. The van der Waals surface area contributed by atoms with E-state index < -0.39 is 12.2 Å². The zero-order chi connectivity index (χ0) is 22.0. The summed E-state index contributed by atoms with van der Waals surface area (Å²) in [5, 5.41) is 15.3. The smallest absolute Gasteiger partial charge is 0.180 e. The number of piperazine rings is 1. The number of benzene rings is 2. The number of nitrogens with zero attached hydrogens (tertiary/aromatic N) is 5. The van der Waals surface area contributed by atoms with E-state index in [4.69, 9.17) is 0 Å². The molecule has 31 heavy (non-hydrogen) atoms. The molecule has 0 bridgehead atoms. The number of ketones is 1. The summed E-state index contributed by atoms with van der Waals surface area (Å²) in [6, 6.07) is 14.9. The first-order valence-electron chi connectivity index (χ1n) is 10.4. The molecule has 0 spiro atoms. The Morgan fingerprint density at radius 3 is 1.94 bits per heavy atom. The molecular weight excluding hydrogens is 394 g/mol. The molecular formula is C23H27N5O3. The van der Waals surface area contributed by atoms with Crippen molar-refractivity contribution < 1.29 is 14.7 Å². The maximum absolute atomic E-state index is 11.7. The summed E-state index contributed by atoms with van der Waals surface area (Å²) in [6.07, 6.45) is 1.78. The van der Waals surface area contributed by atoms with Crippen molar-refractivity contribution in [3.63, 3.8) is 0 Å². The van der Waals surface area contributed by atoms with E-state index in [0.29, 0.717) is 0 Å². The number of aromatic hydroxyl groups is 1. The average molecular weight is 422 g/mol. The molecule has 4 rings (SSSR count). The van der Waals surface area contributed by atoms with Crippen molar-refractivity contribution in [3.05, 3.63) is 48.5 Å². The van der Waals surface area contributed by atoms with Crippen LogP contribution in [-0.4, -0.2) is 66.9 Å². The van der Waals surface area contributed by atoms with Crippen molar-refractivity contribution in [1.82, 2.24) is 5.01 Å². The van der Waals surface area contributed by atoms with Gasteiger partial charge in [0.1, 0.15) is 18.1 Å². The molecule has 1 N–H and O–H groups in total. The Labute approximate surface area is 182 Å². The van der Waals surface area contributed by atoms with Gasteiger partial charge in [0.2, 0.25) is 0 Å². The van der Waals surface area contributed by atoms with Crippen LogP contribution in [0.3, 0.4) is 0 Å². The molecule has 0 aliphatic carbocycles. The number of carbonyl (C=O) groups excluding carboxylic acids is 2. The van der Waals surface area contributed by atoms with E-state index in [1.54, 1.807) is 30.3 Å². The molecule has 1 saturated heterocycles. The molecule has 0 saturated carbocycles. The molecule has 1 fully saturated rings. The first-order chi connectivity index (χ1) is 15.0. The minimum absolute atomic E-state index is 0.0346. The highest BCUT2D eigenvalue weighted by atomic mass is 16.3. The van der Waals surface area contributed by atoms with E-state index >= 15 is 0 Å². The molecule has 8 heteroatoms. The Morgan fingerprint density at radius 1 is 0.968 bits per heavy atom. The predicted molar refractivity (Wildman–Crippen MR) is 122 cm³/mol. The van der Waals surface area contributed by atoms with E-state index in [1.165, 1.54) is 11.9 Å². The summed E-state index contributed by atoms with van der Waals surface area (Å²) in [6.45, 7) is 6.84. The van der Waals surface area contributed by atoms with Crippen molar-refractivity contribution >= 4 is 35.5 Å². The number of Topliss-reactive ketones (excluding diaryl/α,β-unsaturated/α-hetero) is 1. The second-order valence-corrected chi connectivity index (χ2v) is 7.86. The number of rotatable bonds is 6. The summed E-state index contributed by atoms with van der Waals surface area (Å²) in [5.41, 5.74) is 3.10. The van der Waals surface area contributed by atoms with Crippen LogP contribution < -0.4 is 14.7 Å². The van der Waals surface area contributed by atoms with Crippen LogP contribution in [0.1, 0.15) is 13.8 Å². The summed E-state index contributed by atoms with van der Waals surface area (Å²) in [4.78, 5) is 29.8. The summed E-state index contributed by atoms with van der Waals surface area (Å²) in [5.74, 6) is 0.244. The second-order valence-electron chi connectivity index (χ2n) is 7.86. The van der Waals surface area contributed by atoms with Gasteiger partial charge in [-0.05, 0) is 62.4 Å². The van der Waals surface area contributed by atoms with Crippen molar-refractivity contribution in [2.24, 2.45) is 5.10 Å². The number of hydrogen-bond donors (Lipinski definition) is 1. The summed E-state index contributed by atoms with van der Waals surface area (Å²) >= 11 is 0. The number of phenolic OH excluding ortho intramolecular Hbond substituents is 1. The van der Waals surface area contributed by atoms with Crippen LogP contribution in [0.5, 0.6) is 5.75 Å². The highest BCUT2D eigenvalue weighted by Crippen LogP contribution is 2.27. The standard InChI is InChI=1S/C23H27N5O3/c1-17(18(2)30)28-23(15-29)27(16-24-28)21-5-3-19(4-6-21)25-11-13-26(14-12-25)20-7-9-22(31)10-8-20/h3-10,15-17,23,31H,11-14H2,1-2H3. The van der Waals surface area contributed by atoms with Crippen LogP contribution in [-0.2, 0) is 9.59 Å². The summed E-state index contributed by atoms with van der Waals surface area (Å²) in [7, 11) is 0. The van der Waals surface area contributed by atoms with Crippen molar-refractivity contribution in [2.45, 2.75) is 26.1 Å². The van der Waals surface area contributed by atoms with Crippen LogP contribution in [0.4, 0.5) is 17.1 Å². The van der Waals surface area contributed by atoms with E-state index in [-0.39, 0.29) is 11.5 Å². The zero-order valence-electron chi connectivity index (χ0n) is 17.8. The van der Waals surface area contributed by atoms with Crippen LogP contribution >= 0.6 is 0 Å². The normalized spacial score (nSPS) is 19.6. The molecule has 2 aromatic rings. The number of carbonyl (C=O) groups is 2. The van der Waals surface area contributed by atoms with Gasteiger partial charge in [0, 0.05) is 43.2 Å². The molecule has 0 aromatic heterocycles. The number of anilines is 3. The van der Waals surface area contributed by atoms with E-state index in [1.807, 2.05) is 24.3 Å². The van der Waals surface area contributed by atoms with E-state index in [0.717, 1.165) is 49.5 Å². The molecule has 2 atom stereocenters. The van der Waals surface area contributed by atoms with E-state index in [9.17, 15) is 14.7 Å². The molecule has 0 radical (unpaired) electrons. The van der Waals surface area contributed by atoms with Gasteiger partial charge in [-0.15, -0.1) is 0 Å². The van der Waals surface area contributed by atoms with Crippen molar-refractivity contribution in [2.75, 3.05) is 40.9 Å². The van der Waals surface area contributed by atoms with Gasteiger partial charge in [-0.2, -0.15) is 5.10 Å². The SMILES string of the molecule is CC(=O)C(C)N1N=CN(c2ccc(N3CCN(c4ccc(O)cc4)CC3)cc2)C1C=O. The van der Waals surface area contributed by atoms with Crippen LogP contribution in [0, 0.1) is 0 Å². The first kappa shape index (κ1) is 20.7. The topological polar surface area (TPSA) is 79.7 Å². The number of aldehydes is 1. The van der Waals surface area contributed by atoms with Gasteiger partial charge in [-0.1, -0.05) is 0 Å². The summed E-state index contributed by atoms with van der Waals surface area (Å²) < 4.78 is 0.